The molecule has 1 aliphatic rings. The van der Waals surface area contributed by atoms with Crippen LogP contribution in [0.5, 0.6) is 0 Å². The number of piperazine rings is 1. The fourth-order valence-corrected chi connectivity index (χ4v) is 3.63. The first-order valence-corrected chi connectivity index (χ1v) is 9.51. The molecule has 0 unspecified atom stereocenters. The molecule has 3 aromatic rings. The van der Waals surface area contributed by atoms with Crippen LogP contribution in [0.15, 0.2) is 60.7 Å². The largest absolute Gasteiger partial charge is 0.367 e. The van der Waals surface area contributed by atoms with Crippen LogP contribution in [0.2, 0.25) is 5.02 Å². The average Bonchev–Trinajstić information content (AvgIpc) is 2.68. The maximum absolute atomic E-state index is 12.9. The molecule has 0 aromatic heterocycles. The Morgan fingerprint density at radius 1 is 0.926 bits per heavy atom. The highest BCUT2D eigenvalue weighted by molar-refractivity contribution is 6.31. The summed E-state index contributed by atoms with van der Waals surface area (Å²) < 4.78 is 0. The predicted molar refractivity (Wildman–Crippen MR) is 113 cm³/mol. The summed E-state index contributed by atoms with van der Waals surface area (Å²) in [4.78, 5) is 17.5. The Morgan fingerprint density at radius 2 is 1.67 bits per heavy atom. The molecule has 5 heteroatoms. The number of nitrogens with zero attached hydrogens (tertiary/aromatic N) is 2. The van der Waals surface area contributed by atoms with E-state index in [1.807, 2.05) is 60.7 Å². The van der Waals surface area contributed by atoms with E-state index in [1.54, 1.807) is 0 Å². The molecule has 0 atom stereocenters. The van der Waals surface area contributed by atoms with Crippen molar-refractivity contribution in [2.24, 2.45) is 0 Å². The Morgan fingerprint density at radius 3 is 2.44 bits per heavy atom. The number of amides is 1. The van der Waals surface area contributed by atoms with E-state index in [-0.39, 0.29) is 5.91 Å². The van der Waals surface area contributed by atoms with Gasteiger partial charge >= 0.3 is 0 Å². The van der Waals surface area contributed by atoms with Crippen LogP contribution in [0, 0.1) is 0 Å². The molecule has 138 valence electrons. The molecule has 1 N–H and O–H groups in total. The summed E-state index contributed by atoms with van der Waals surface area (Å²) in [5.41, 5.74) is 2.41. The Hall–Kier alpha value is -2.56. The number of carbonyl (C=O) groups is 1. The molecule has 0 radical (unpaired) electrons. The van der Waals surface area contributed by atoms with Crippen molar-refractivity contribution in [1.82, 2.24) is 4.90 Å². The highest BCUT2D eigenvalue weighted by Gasteiger charge is 2.19. The van der Waals surface area contributed by atoms with Gasteiger partial charge in [0.2, 0.25) is 0 Å². The topological polar surface area (TPSA) is 35.6 Å². The van der Waals surface area contributed by atoms with E-state index in [1.165, 1.54) is 0 Å². The zero-order valence-electron chi connectivity index (χ0n) is 15.3. The van der Waals surface area contributed by atoms with E-state index >= 15 is 0 Å². The molecular weight excluding hydrogens is 358 g/mol. The summed E-state index contributed by atoms with van der Waals surface area (Å²) >= 11 is 6.21. The molecule has 27 heavy (non-hydrogen) atoms. The van der Waals surface area contributed by atoms with Gasteiger partial charge in [-0.15, -0.1) is 0 Å². The van der Waals surface area contributed by atoms with Gasteiger partial charge in [0.25, 0.3) is 5.91 Å². The van der Waals surface area contributed by atoms with Crippen molar-refractivity contribution < 1.29 is 4.79 Å². The molecule has 4 rings (SSSR count). The number of hydrogen-bond acceptors (Lipinski definition) is 3. The molecule has 0 spiro atoms. The first-order valence-electron chi connectivity index (χ1n) is 9.13. The zero-order chi connectivity index (χ0) is 18.8. The van der Waals surface area contributed by atoms with Gasteiger partial charge in [-0.05, 0) is 48.2 Å². The minimum absolute atomic E-state index is 0.126. The summed E-state index contributed by atoms with van der Waals surface area (Å²) in [5.74, 6) is -0.126. The SMILES string of the molecule is CN1CCN(c2ccc(Cl)cc2NC(=O)c2ccc3ccccc3c2)CC1. The van der Waals surface area contributed by atoms with Crippen LogP contribution in [0.3, 0.4) is 0 Å². The third kappa shape index (κ3) is 3.92. The molecule has 3 aromatic carbocycles. The summed E-state index contributed by atoms with van der Waals surface area (Å²) in [6, 6.07) is 19.5. The van der Waals surface area contributed by atoms with Crippen LogP contribution in [-0.2, 0) is 0 Å². The van der Waals surface area contributed by atoms with Crippen molar-refractivity contribution in [2.45, 2.75) is 0 Å². The first-order chi connectivity index (χ1) is 13.1. The van der Waals surface area contributed by atoms with Gasteiger partial charge in [0.1, 0.15) is 0 Å². The second kappa shape index (κ2) is 7.59. The third-order valence-electron chi connectivity index (χ3n) is 5.06. The zero-order valence-corrected chi connectivity index (χ0v) is 16.0. The maximum Gasteiger partial charge on any atom is 0.255 e. The molecule has 1 saturated heterocycles. The Bertz CT molecular complexity index is 980. The lowest BCUT2D eigenvalue weighted by Crippen LogP contribution is -2.44. The average molecular weight is 380 g/mol. The lowest BCUT2D eigenvalue weighted by Gasteiger charge is -2.35. The van der Waals surface area contributed by atoms with Crippen molar-refractivity contribution in [1.29, 1.82) is 0 Å². The molecule has 4 nitrogen and oxygen atoms in total. The van der Waals surface area contributed by atoms with E-state index < -0.39 is 0 Å². The number of likely N-dealkylation sites (N-methyl/N-ethyl adjacent to an activating group) is 1. The number of benzene rings is 3. The van der Waals surface area contributed by atoms with E-state index in [9.17, 15) is 4.79 Å². The summed E-state index contributed by atoms with van der Waals surface area (Å²) in [7, 11) is 2.13. The predicted octanol–water partition coefficient (Wildman–Crippen LogP) is 4.50. The standard InChI is InChI=1S/C22H22ClN3O/c1-25-10-12-26(13-11-25)21-9-8-19(23)15-20(21)24-22(27)18-7-6-16-4-2-3-5-17(16)14-18/h2-9,14-15H,10-13H2,1H3,(H,24,27). The van der Waals surface area contributed by atoms with E-state index in [0.29, 0.717) is 10.6 Å². The van der Waals surface area contributed by atoms with Crippen molar-refractivity contribution in [3.8, 4) is 0 Å². The van der Waals surface area contributed by atoms with Gasteiger partial charge in [-0.3, -0.25) is 4.79 Å². The molecular formula is C22H22ClN3O. The highest BCUT2D eigenvalue weighted by atomic mass is 35.5. The van der Waals surface area contributed by atoms with Gasteiger partial charge in [0.15, 0.2) is 0 Å². The second-order valence-electron chi connectivity index (χ2n) is 6.97. The second-order valence-corrected chi connectivity index (χ2v) is 7.40. The maximum atomic E-state index is 12.9. The summed E-state index contributed by atoms with van der Waals surface area (Å²) in [5, 5.41) is 5.85. The lowest BCUT2D eigenvalue weighted by molar-refractivity contribution is 0.102. The van der Waals surface area contributed by atoms with Gasteiger partial charge in [0.05, 0.1) is 11.4 Å². The van der Waals surface area contributed by atoms with Crippen LogP contribution >= 0.6 is 11.6 Å². The van der Waals surface area contributed by atoms with Gasteiger partial charge in [-0.2, -0.15) is 0 Å². The smallest absolute Gasteiger partial charge is 0.255 e. The number of carbonyl (C=O) groups excluding carboxylic acids is 1. The van der Waals surface area contributed by atoms with Crippen LogP contribution in [0.4, 0.5) is 11.4 Å². The number of rotatable bonds is 3. The number of hydrogen-bond donors (Lipinski definition) is 1. The molecule has 1 amide bonds. The molecule has 0 saturated carbocycles. The van der Waals surface area contributed by atoms with E-state index in [2.05, 4.69) is 22.2 Å². The fraction of sp³-hybridized carbons (Fsp3) is 0.227. The van der Waals surface area contributed by atoms with E-state index in [0.717, 1.165) is 48.3 Å². The molecule has 1 aliphatic heterocycles. The van der Waals surface area contributed by atoms with Crippen LogP contribution < -0.4 is 10.2 Å². The number of fused-ring (bicyclic) bond motifs is 1. The number of nitrogens with one attached hydrogen (secondary N) is 1. The molecule has 0 bridgehead atoms. The molecule has 0 aliphatic carbocycles. The van der Waals surface area contributed by atoms with Gasteiger partial charge < -0.3 is 15.1 Å². The summed E-state index contributed by atoms with van der Waals surface area (Å²) in [6.45, 7) is 3.86. The Labute approximate surface area is 164 Å². The minimum Gasteiger partial charge on any atom is -0.367 e. The van der Waals surface area contributed by atoms with Crippen molar-refractivity contribution in [3.63, 3.8) is 0 Å². The third-order valence-corrected chi connectivity index (χ3v) is 5.30. The Kier molecular flexibility index (Phi) is 5.01. The number of halogens is 1. The highest BCUT2D eigenvalue weighted by Crippen LogP contribution is 2.30. The number of anilines is 2. The minimum atomic E-state index is -0.126. The lowest BCUT2D eigenvalue weighted by atomic mass is 10.1. The van der Waals surface area contributed by atoms with Gasteiger partial charge in [-0.1, -0.05) is 41.9 Å². The van der Waals surface area contributed by atoms with E-state index in [4.69, 9.17) is 11.6 Å². The summed E-state index contributed by atoms with van der Waals surface area (Å²) in [6.07, 6.45) is 0. The van der Waals surface area contributed by atoms with Crippen LogP contribution in [0.1, 0.15) is 10.4 Å². The first kappa shape index (κ1) is 17.8. The van der Waals surface area contributed by atoms with Crippen LogP contribution in [-0.4, -0.2) is 44.0 Å². The molecule has 1 heterocycles. The quantitative estimate of drug-likeness (QED) is 0.727. The molecule has 1 fully saturated rings. The van der Waals surface area contributed by atoms with Crippen molar-refractivity contribution >= 4 is 39.7 Å². The normalized spacial score (nSPS) is 15.1. The fourth-order valence-electron chi connectivity index (χ4n) is 3.46. The van der Waals surface area contributed by atoms with Crippen molar-refractivity contribution in [3.05, 3.63) is 71.2 Å². The van der Waals surface area contributed by atoms with Crippen LogP contribution in [0.25, 0.3) is 10.8 Å². The van der Waals surface area contributed by atoms with Gasteiger partial charge in [-0.25, -0.2) is 0 Å². The Balaban J connectivity index is 1.60. The van der Waals surface area contributed by atoms with Gasteiger partial charge in [0, 0.05) is 36.8 Å². The monoisotopic (exact) mass is 379 g/mol. The van der Waals surface area contributed by atoms with Crippen molar-refractivity contribution in [2.75, 3.05) is 43.4 Å².